The summed E-state index contributed by atoms with van der Waals surface area (Å²) >= 11 is 6.06. The molecule has 0 saturated heterocycles. The van der Waals surface area contributed by atoms with Gasteiger partial charge in [0, 0.05) is 23.7 Å². The molecular formula is C17H18ClNO2. The molecule has 0 atom stereocenters. The van der Waals surface area contributed by atoms with E-state index >= 15 is 0 Å². The number of aryl methyl sites for hydroxylation is 1. The third-order valence-electron chi connectivity index (χ3n) is 3.22. The van der Waals surface area contributed by atoms with Gasteiger partial charge in [-0.3, -0.25) is 4.79 Å². The first-order chi connectivity index (χ1) is 10.2. The van der Waals surface area contributed by atoms with Crippen molar-refractivity contribution in [3.8, 4) is 0 Å². The van der Waals surface area contributed by atoms with Gasteiger partial charge in [-0.05, 0) is 42.2 Å². The zero-order valence-corrected chi connectivity index (χ0v) is 12.4. The van der Waals surface area contributed by atoms with Gasteiger partial charge in [-0.2, -0.15) is 0 Å². The van der Waals surface area contributed by atoms with Crippen molar-refractivity contribution in [3.63, 3.8) is 0 Å². The van der Waals surface area contributed by atoms with Gasteiger partial charge in [0.15, 0.2) is 0 Å². The van der Waals surface area contributed by atoms with Crippen LogP contribution in [0.1, 0.15) is 17.5 Å². The van der Waals surface area contributed by atoms with E-state index in [1.165, 1.54) is 0 Å². The van der Waals surface area contributed by atoms with Crippen molar-refractivity contribution in [3.05, 3.63) is 64.7 Å². The lowest BCUT2D eigenvalue weighted by atomic mass is 10.1. The predicted octanol–water partition coefficient (Wildman–Crippen LogP) is 3.45. The standard InChI is InChI=1S/C17H18ClNO2/c18-16-4-2-1-3-14(16)7-10-17(21)19-15-8-5-13(6-9-15)11-12-20/h1-6,8-9,20H,7,10-12H2,(H,19,21). The van der Waals surface area contributed by atoms with Crippen LogP contribution >= 0.6 is 11.6 Å². The Morgan fingerprint density at radius 2 is 1.76 bits per heavy atom. The number of aliphatic hydroxyl groups excluding tert-OH is 1. The number of aliphatic hydroxyl groups is 1. The van der Waals surface area contributed by atoms with Crippen LogP contribution in [0.3, 0.4) is 0 Å². The van der Waals surface area contributed by atoms with Gasteiger partial charge in [0.05, 0.1) is 0 Å². The molecule has 0 unspecified atom stereocenters. The molecule has 1 amide bonds. The molecular weight excluding hydrogens is 286 g/mol. The fourth-order valence-electron chi connectivity index (χ4n) is 2.06. The Labute approximate surface area is 129 Å². The van der Waals surface area contributed by atoms with E-state index in [1.807, 2.05) is 48.5 Å². The van der Waals surface area contributed by atoms with Crippen LogP contribution < -0.4 is 5.32 Å². The molecule has 110 valence electrons. The summed E-state index contributed by atoms with van der Waals surface area (Å²) in [5.41, 5.74) is 2.79. The number of halogens is 1. The van der Waals surface area contributed by atoms with Crippen molar-refractivity contribution in [1.29, 1.82) is 0 Å². The van der Waals surface area contributed by atoms with Crippen LogP contribution in [0.25, 0.3) is 0 Å². The number of carbonyl (C=O) groups is 1. The van der Waals surface area contributed by atoms with E-state index in [1.54, 1.807) is 0 Å². The van der Waals surface area contributed by atoms with Gasteiger partial charge >= 0.3 is 0 Å². The second kappa shape index (κ2) is 7.81. The van der Waals surface area contributed by atoms with Crippen LogP contribution in [0.4, 0.5) is 5.69 Å². The molecule has 0 aliphatic carbocycles. The third-order valence-corrected chi connectivity index (χ3v) is 3.59. The molecule has 2 rings (SSSR count). The summed E-state index contributed by atoms with van der Waals surface area (Å²) in [6, 6.07) is 15.0. The van der Waals surface area contributed by atoms with Crippen molar-refractivity contribution >= 4 is 23.2 Å². The van der Waals surface area contributed by atoms with E-state index in [-0.39, 0.29) is 12.5 Å². The highest BCUT2D eigenvalue weighted by Crippen LogP contribution is 2.17. The summed E-state index contributed by atoms with van der Waals surface area (Å²) < 4.78 is 0. The first-order valence-electron chi connectivity index (χ1n) is 6.92. The van der Waals surface area contributed by atoms with Crippen LogP contribution in [0.15, 0.2) is 48.5 Å². The molecule has 0 saturated carbocycles. The molecule has 0 heterocycles. The molecule has 2 aromatic carbocycles. The Morgan fingerprint density at radius 3 is 2.43 bits per heavy atom. The van der Waals surface area contributed by atoms with Crippen LogP contribution in [0.2, 0.25) is 5.02 Å². The summed E-state index contributed by atoms with van der Waals surface area (Å²) in [6.45, 7) is 0.129. The second-order valence-corrected chi connectivity index (χ2v) is 5.22. The molecule has 3 nitrogen and oxygen atoms in total. The van der Waals surface area contributed by atoms with E-state index in [4.69, 9.17) is 16.7 Å². The minimum atomic E-state index is -0.0372. The number of hydrogen-bond acceptors (Lipinski definition) is 2. The van der Waals surface area contributed by atoms with Crippen molar-refractivity contribution in [2.75, 3.05) is 11.9 Å². The predicted molar refractivity (Wildman–Crippen MR) is 85.6 cm³/mol. The van der Waals surface area contributed by atoms with Gasteiger partial charge in [-0.25, -0.2) is 0 Å². The number of anilines is 1. The molecule has 0 fully saturated rings. The molecule has 21 heavy (non-hydrogen) atoms. The highest BCUT2D eigenvalue weighted by Gasteiger charge is 2.05. The lowest BCUT2D eigenvalue weighted by molar-refractivity contribution is -0.116. The molecule has 2 N–H and O–H groups in total. The van der Waals surface area contributed by atoms with E-state index in [9.17, 15) is 4.79 Å². The smallest absolute Gasteiger partial charge is 0.224 e. The maximum atomic E-state index is 11.9. The Balaban J connectivity index is 1.85. The molecule has 0 radical (unpaired) electrons. The van der Waals surface area contributed by atoms with Crippen LogP contribution in [-0.2, 0) is 17.6 Å². The van der Waals surface area contributed by atoms with Gasteiger partial charge in [0.25, 0.3) is 0 Å². The lowest BCUT2D eigenvalue weighted by Crippen LogP contribution is -2.12. The number of nitrogens with one attached hydrogen (secondary N) is 1. The summed E-state index contributed by atoms with van der Waals surface area (Å²) in [4.78, 5) is 11.9. The van der Waals surface area contributed by atoms with Crippen molar-refractivity contribution in [2.45, 2.75) is 19.3 Å². The average molecular weight is 304 g/mol. The van der Waals surface area contributed by atoms with E-state index in [0.717, 1.165) is 16.8 Å². The Kier molecular flexibility index (Phi) is 5.78. The summed E-state index contributed by atoms with van der Waals surface area (Å²) in [7, 11) is 0. The number of rotatable bonds is 6. The Bertz CT molecular complexity index is 596. The molecule has 0 aromatic heterocycles. The fourth-order valence-corrected chi connectivity index (χ4v) is 2.29. The number of benzene rings is 2. The van der Waals surface area contributed by atoms with Crippen molar-refractivity contribution in [1.82, 2.24) is 0 Å². The molecule has 0 bridgehead atoms. The SMILES string of the molecule is O=C(CCc1ccccc1Cl)Nc1ccc(CCO)cc1. The van der Waals surface area contributed by atoms with Crippen molar-refractivity contribution in [2.24, 2.45) is 0 Å². The summed E-state index contributed by atoms with van der Waals surface area (Å²) in [5.74, 6) is -0.0372. The largest absolute Gasteiger partial charge is 0.396 e. The number of hydrogen-bond donors (Lipinski definition) is 2. The van der Waals surface area contributed by atoms with E-state index in [0.29, 0.717) is 24.3 Å². The van der Waals surface area contributed by atoms with E-state index in [2.05, 4.69) is 5.32 Å². The van der Waals surface area contributed by atoms with Crippen LogP contribution in [-0.4, -0.2) is 17.6 Å². The van der Waals surface area contributed by atoms with Gasteiger partial charge in [0.1, 0.15) is 0 Å². The van der Waals surface area contributed by atoms with Crippen LogP contribution in [0, 0.1) is 0 Å². The highest BCUT2D eigenvalue weighted by molar-refractivity contribution is 6.31. The Morgan fingerprint density at radius 1 is 1.05 bits per heavy atom. The average Bonchev–Trinajstić information content (AvgIpc) is 2.49. The number of amides is 1. The molecule has 0 aliphatic rings. The third kappa shape index (κ3) is 4.88. The molecule has 0 aliphatic heterocycles. The van der Waals surface area contributed by atoms with Gasteiger partial charge in [-0.1, -0.05) is 41.9 Å². The molecule has 4 heteroatoms. The van der Waals surface area contributed by atoms with Gasteiger partial charge < -0.3 is 10.4 Å². The fraction of sp³-hybridized carbons (Fsp3) is 0.235. The zero-order chi connectivity index (χ0) is 15.1. The maximum absolute atomic E-state index is 11.9. The maximum Gasteiger partial charge on any atom is 0.224 e. The topological polar surface area (TPSA) is 49.3 Å². The highest BCUT2D eigenvalue weighted by atomic mass is 35.5. The summed E-state index contributed by atoms with van der Waals surface area (Å²) in [5, 5.41) is 12.4. The van der Waals surface area contributed by atoms with Crippen LogP contribution in [0.5, 0.6) is 0 Å². The first kappa shape index (κ1) is 15.5. The Hall–Kier alpha value is -1.84. The van der Waals surface area contributed by atoms with Gasteiger partial charge in [-0.15, -0.1) is 0 Å². The summed E-state index contributed by atoms with van der Waals surface area (Å²) in [6.07, 6.45) is 1.64. The normalized spacial score (nSPS) is 10.4. The molecule has 2 aromatic rings. The minimum Gasteiger partial charge on any atom is -0.396 e. The monoisotopic (exact) mass is 303 g/mol. The lowest BCUT2D eigenvalue weighted by Gasteiger charge is -2.07. The van der Waals surface area contributed by atoms with Gasteiger partial charge in [0.2, 0.25) is 5.91 Å². The quantitative estimate of drug-likeness (QED) is 0.859. The molecule has 0 spiro atoms. The van der Waals surface area contributed by atoms with Crippen molar-refractivity contribution < 1.29 is 9.90 Å². The minimum absolute atomic E-state index is 0.0372. The zero-order valence-electron chi connectivity index (χ0n) is 11.7. The first-order valence-corrected chi connectivity index (χ1v) is 7.30. The van der Waals surface area contributed by atoms with E-state index < -0.39 is 0 Å². The number of carbonyl (C=O) groups excluding carboxylic acids is 1. The second-order valence-electron chi connectivity index (χ2n) is 4.81.